The average Bonchev–Trinajstić information content (AvgIpc) is 3.40. The summed E-state index contributed by atoms with van der Waals surface area (Å²) in [6, 6.07) is 2.03. The van der Waals surface area contributed by atoms with Gasteiger partial charge in [0.05, 0.1) is 29.2 Å². The number of rotatable bonds is 4. The summed E-state index contributed by atoms with van der Waals surface area (Å²) in [5.41, 5.74) is 0.948. The molecule has 2 fully saturated rings. The van der Waals surface area contributed by atoms with Crippen molar-refractivity contribution in [1.29, 1.82) is 0 Å². The highest BCUT2D eigenvalue weighted by Gasteiger charge is 2.46. The van der Waals surface area contributed by atoms with E-state index in [0.29, 0.717) is 11.6 Å². The van der Waals surface area contributed by atoms with Crippen LogP contribution in [0.1, 0.15) is 12.8 Å². The molecule has 5 rings (SSSR count). The lowest BCUT2D eigenvalue weighted by atomic mass is 9.75. The summed E-state index contributed by atoms with van der Waals surface area (Å²) < 4.78 is 7.75. The molecule has 1 spiro atoms. The van der Waals surface area contributed by atoms with Crippen LogP contribution in [0.2, 0.25) is 10.2 Å². The van der Waals surface area contributed by atoms with Crippen LogP contribution in [-0.4, -0.2) is 58.4 Å². The molecule has 0 aromatic carbocycles. The van der Waals surface area contributed by atoms with Gasteiger partial charge in [0.25, 0.3) is 0 Å². The molecule has 2 aliphatic rings. The molecule has 1 atom stereocenters. The summed E-state index contributed by atoms with van der Waals surface area (Å²) in [7, 11) is 0. The number of hydrogen-bond acceptors (Lipinski definition) is 7. The Balaban J connectivity index is 1.41. The third-order valence-corrected chi connectivity index (χ3v) is 7.99. The van der Waals surface area contributed by atoms with Gasteiger partial charge in [0.15, 0.2) is 5.65 Å². The van der Waals surface area contributed by atoms with Crippen LogP contribution >= 0.6 is 35.0 Å². The smallest absolute Gasteiger partial charge is 0.211 e. The fourth-order valence-corrected chi connectivity index (χ4v) is 5.65. The van der Waals surface area contributed by atoms with Gasteiger partial charge in [-0.3, -0.25) is 9.39 Å². The van der Waals surface area contributed by atoms with Gasteiger partial charge in [0, 0.05) is 48.2 Å². The van der Waals surface area contributed by atoms with Crippen molar-refractivity contribution >= 4 is 53.3 Å². The predicted octanol–water partition coefficient (Wildman–Crippen LogP) is 4.27. The second-order valence-corrected chi connectivity index (χ2v) is 9.44. The number of pyridine rings is 1. The van der Waals surface area contributed by atoms with Crippen LogP contribution in [-0.2, 0) is 4.74 Å². The molecule has 30 heavy (non-hydrogen) atoms. The van der Waals surface area contributed by atoms with Crippen LogP contribution < -0.4 is 4.90 Å². The summed E-state index contributed by atoms with van der Waals surface area (Å²) in [6.07, 6.45) is 9.25. The van der Waals surface area contributed by atoms with Crippen molar-refractivity contribution in [2.75, 3.05) is 31.2 Å². The summed E-state index contributed by atoms with van der Waals surface area (Å²) >= 11 is 13.8. The molecule has 0 bridgehead atoms. The standard InChI is InChI=1S/C20H20Cl2N6OS/c1-23-15-11-29-12-20(15)3-7-27(8-4-20)19-26-10-14(18-25-6-9-28(18)19)30-13-2-5-24-17(22)16(13)21/h2,5-6,9-10,15H,1,3-4,7-8,11-12H2. The number of ether oxygens (including phenoxy) is 1. The van der Waals surface area contributed by atoms with E-state index in [4.69, 9.17) is 32.9 Å². The lowest BCUT2D eigenvalue weighted by Crippen LogP contribution is -2.46. The minimum atomic E-state index is 0.111. The largest absolute Gasteiger partial charge is 0.379 e. The fourth-order valence-electron chi connectivity index (χ4n) is 4.31. The number of hydrogen-bond donors (Lipinski definition) is 0. The first kappa shape index (κ1) is 20.1. The van der Waals surface area contributed by atoms with E-state index in [1.807, 2.05) is 22.9 Å². The van der Waals surface area contributed by atoms with Crippen LogP contribution in [0, 0.1) is 5.41 Å². The molecule has 0 N–H and O–H groups in total. The number of imidazole rings is 1. The number of halogens is 2. The van der Waals surface area contributed by atoms with E-state index >= 15 is 0 Å². The van der Waals surface area contributed by atoms with Gasteiger partial charge in [-0.25, -0.2) is 15.0 Å². The highest BCUT2D eigenvalue weighted by atomic mass is 35.5. The van der Waals surface area contributed by atoms with Crippen LogP contribution in [0.25, 0.3) is 5.65 Å². The summed E-state index contributed by atoms with van der Waals surface area (Å²) in [4.78, 5) is 21.7. The van der Waals surface area contributed by atoms with Crippen molar-refractivity contribution in [2.45, 2.75) is 28.7 Å². The topological polar surface area (TPSA) is 67.9 Å². The maximum Gasteiger partial charge on any atom is 0.211 e. The number of fused-ring (bicyclic) bond motifs is 1. The Bertz CT molecular complexity index is 1100. The Hall–Kier alpha value is -1.87. The molecule has 0 saturated carbocycles. The summed E-state index contributed by atoms with van der Waals surface area (Å²) in [5, 5.41) is 0.722. The molecule has 0 amide bonds. The SMILES string of the molecule is C=NC1COCC12CCN(c1ncc(Sc3ccnc(Cl)c3Cl)c3nccn13)CC2. The number of aromatic nitrogens is 4. The lowest BCUT2D eigenvalue weighted by molar-refractivity contribution is 0.131. The number of aliphatic imine (C=N–C) groups is 1. The quantitative estimate of drug-likeness (QED) is 0.425. The number of anilines is 1. The monoisotopic (exact) mass is 462 g/mol. The molecule has 0 aliphatic carbocycles. The van der Waals surface area contributed by atoms with Crippen LogP contribution in [0.5, 0.6) is 0 Å². The minimum absolute atomic E-state index is 0.111. The molecule has 3 aromatic heterocycles. The fraction of sp³-hybridized carbons (Fsp3) is 0.400. The highest BCUT2D eigenvalue weighted by molar-refractivity contribution is 7.99. The van der Waals surface area contributed by atoms with Crippen molar-refractivity contribution in [1.82, 2.24) is 19.4 Å². The zero-order valence-corrected chi connectivity index (χ0v) is 18.5. The average molecular weight is 463 g/mol. The number of piperidine rings is 1. The van der Waals surface area contributed by atoms with Gasteiger partial charge in [0.1, 0.15) is 5.15 Å². The first-order valence-corrected chi connectivity index (χ1v) is 11.3. The molecule has 7 nitrogen and oxygen atoms in total. The molecule has 0 radical (unpaired) electrons. The minimum Gasteiger partial charge on any atom is -0.379 e. The third-order valence-electron chi connectivity index (χ3n) is 6.04. The molecule has 2 aliphatic heterocycles. The Labute approximate surface area is 188 Å². The van der Waals surface area contributed by atoms with Crippen LogP contribution in [0.3, 0.4) is 0 Å². The van der Waals surface area contributed by atoms with Gasteiger partial charge in [-0.2, -0.15) is 0 Å². The van der Waals surface area contributed by atoms with Crippen LogP contribution in [0.4, 0.5) is 5.95 Å². The van der Waals surface area contributed by atoms with Gasteiger partial charge < -0.3 is 9.64 Å². The normalized spacial score (nSPS) is 20.9. The first-order chi connectivity index (χ1) is 14.6. The Morgan fingerprint density at radius 1 is 1.17 bits per heavy atom. The van der Waals surface area contributed by atoms with Crippen LogP contribution in [0.15, 0.2) is 45.6 Å². The molecular weight excluding hydrogens is 443 g/mol. The first-order valence-electron chi connectivity index (χ1n) is 9.70. The third kappa shape index (κ3) is 3.36. The molecule has 2 saturated heterocycles. The molecule has 5 heterocycles. The molecule has 10 heteroatoms. The second kappa shape index (κ2) is 8.00. The van der Waals surface area contributed by atoms with Gasteiger partial charge in [-0.1, -0.05) is 35.0 Å². The van der Waals surface area contributed by atoms with E-state index in [2.05, 4.69) is 26.6 Å². The lowest BCUT2D eigenvalue weighted by Gasteiger charge is -2.41. The van der Waals surface area contributed by atoms with Gasteiger partial charge in [-0.15, -0.1) is 0 Å². The van der Waals surface area contributed by atoms with Gasteiger partial charge in [-0.05, 0) is 25.6 Å². The Kier molecular flexibility index (Phi) is 5.35. The molecule has 3 aromatic rings. The molecule has 1 unspecified atom stereocenters. The van der Waals surface area contributed by atoms with E-state index in [1.54, 1.807) is 12.4 Å². The Morgan fingerprint density at radius 3 is 2.80 bits per heavy atom. The maximum atomic E-state index is 6.31. The van der Waals surface area contributed by atoms with Crippen molar-refractivity contribution in [3.8, 4) is 0 Å². The van der Waals surface area contributed by atoms with E-state index in [0.717, 1.165) is 53.9 Å². The number of nitrogens with zero attached hydrogens (tertiary/aromatic N) is 6. The zero-order chi connectivity index (χ0) is 20.7. The van der Waals surface area contributed by atoms with E-state index in [-0.39, 0.29) is 16.6 Å². The Morgan fingerprint density at radius 2 is 2.00 bits per heavy atom. The van der Waals surface area contributed by atoms with Crippen molar-refractivity contribution < 1.29 is 4.74 Å². The van der Waals surface area contributed by atoms with Gasteiger partial charge in [0.2, 0.25) is 5.95 Å². The van der Waals surface area contributed by atoms with Crippen molar-refractivity contribution in [3.05, 3.63) is 41.0 Å². The van der Waals surface area contributed by atoms with Crippen molar-refractivity contribution in [2.24, 2.45) is 10.4 Å². The zero-order valence-electron chi connectivity index (χ0n) is 16.2. The second-order valence-electron chi connectivity index (χ2n) is 7.62. The van der Waals surface area contributed by atoms with Crippen molar-refractivity contribution in [3.63, 3.8) is 0 Å². The summed E-state index contributed by atoms with van der Waals surface area (Å²) in [5.74, 6) is 0.891. The summed E-state index contributed by atoms with van der Waals surface area (Å²) in [6.45, 7) is 7.01. The molecule has 156 valence electrons. The molecular formula is C20H20Cl2N6OS. The van der Waals surface area contributed by atoms with E-state index < -0.39 is 0 Å². The highest BCUT2D eigenvalue weighted by Crippen LogP contribution is 2.42. The van der Waals surface area contributed by atoms with E-state index in [9.17, 15) is 0 Å². The van der Waals surface area contributed by atoms with E-state index in [1.165, 1.54) is 11.8 Å². The maximum absolute atomic E-state index is 6.31. The van der Waals surface area contributed by atoms with Gasteiger partial charge >= 0.3 is 0 Å². The predicted molar refractivity (Wildman–Crippen MR) is 119 cm³/mol.